The standard InChI is InChI=1S/C36H40F4N4O3/c1-35(2,3)47-34(45)43-16-13-28(14-17-43)44-18-15-32(30(23-44)25-7-5-4-6-8-25)42-22-27-20-26(10-12-33(27)46-36(38,39)40)29-11-9-24(21-41)19-31(29)37/h4-12,19-20,28,30,32,42H,13-18,22-23H2,1-3H3/t30-,32-/m0/s1. The average Bonchev–Trinajstić information content (AvgIpc) is 3.03. The monoisotopic (exact) mass is 652 g/mol. The van der Waals surface area contributed by atoms with Crippen molar-refractivity contribution in [2.45, 2.75) is 76.5 Å². The Labute approximate surface area is 273 Å². The molecule has 1 amide bonds. The normalized spacial score (nSPS) is 19.7. The minimum atomic E-state index is -4.90. The summed E-state index contributed by atoms with van der Waals surface area (Å²) in [5.41, 5.74) is 1.53. The Hall–Kier alpha value is -4.14. The molecule has 0 aromatic heterocycles. The largest absolute Gasteiger partial charge is 0.573 e. The SMILES string of the molecule is CC(C)(C)OC(=O)N1CCC(N2CC[C@H](NCc3cc(-c4ccc(C#N)cc4F)ccc3OC(F)(F)F)[C@H](c3ccccc3)C2)CC1. The number of halogens is 4. The predicted molar refractivity (Wildman–Crippen MR) is 170 cm³/mol. The number of hydrogen-bond acceptors (Lipinski definition) is 6. The topological polar surface area (TPSA) is 77.8 Å². The smallest absolute Gasteiger partial charge is 0.444 e. The maximum Gasteiger partial charge on any atom is 0.573 e. The van der Waals surface area contributed by atoms with Gasteiger partial charge < -0.3 is 19.7 Å². The fourth-order valence-corrected chi connectivity index (χ4v) is 6.50. The van der Waals surface area contributed by atoms with Crippen LogP contribution in [0.2, 0.25) is 0 Å². The molecule has 0 saturated carbocycles. The van der Waals surface area contributed by atoms with E-state index < -0.39 is 17.8 Å². The number of piperidine rings is 2. The second kappa shape index (κ2) is 14.3. The van der Waals surface area contributed by atoms with Gasteiger partial charge in [-0.25, -0.2) is 9.18 Å². The number of nitriles is 1. The van der Waals surface area contributed by atoms with Crippen molar-refractivity contribution in [2.24, 2.45) is 0 Å². The number of nitrogens with zero attached hydrogens (tertiary/aromatic N) is 3. The van der Waals surface area contributed by atoms with E-state index in [0.717, 1.165) is 44.0 Å². The van der Waals surface area contributed by atoms with Gasteiger partial charge in [-0.1, -0.05) is 42.5 Å². The first-order valence-electron chi connectivity index (χ1n) is 15.9. The van der Waals surface area contributed by atoms with E-state index in [2.05, 4.69) is 27.1 Å². The molecule has 47 heavy (non-hydrogen) atoms. The first-order valence-corrected chi connectivity index (χ1v) is 15.9. The number of alkyl halides is 3. The van der Waals surface area contributed by atoms with Crippen molar-refractivity contribution in [3.8, 4) is 22.9 Å². The Kier molecular flexibility index (Phi) is 10.4. The zero-order valence-corrected chi connectivity index (χ0v) is 26.8. The summed E-state index contributed by atoms with van der Waals surface area (Å²) in [6, 6.07) is 20.3. The van der Waals surface area contributed by atoms with Crippen LogP contribution in [0.15, 0.2) is 66.7 Å². The molecule has 2 saturated heterocycles. The zero-order chi connectivity index (χ0) is 33.8. The predicted octanol–water partition coefficient (Wildman–Crippen LogP) is 7.61. The number of benzene rings is 3. The lowest BCUT2D eigenvalue weighted by atomic mass is 9.84. The fraction of sp³-hybridized carbons (Fsp3) is 0.444. The zero-order valence-electron chi connectivity index (χ0n) is 26.8. The van der Waals surface area contributed by atoms with Crippen LogP contribution in [-0.2, 0) is 11.3 Å². The summed E-state index contributed by atoms with van der Waals surface area (Å²) in [6.45, 7) is 8.42. The lowest BCUT2D eigenvalue weighted by molar-refractivity contribution is -0.274. The Morgan fingerprint density at radius 3 is 2.34 bits per heavy atom. The lowest BCUT2D eigenvalue weighted by Gasteiger charge is -2.45. The molecule has 11 heteroatoms. The van der Waals surface area contributed by atoms with Gasteiger partial charge in [0.2, 0.25) is 0 Å². The van der Waals surface area contributed by atoms with Crippen LogP contribution in [0.25, 0.3) is 11.1 Å². The van der Waals surface area contributed by atoms with E-state index in [9.17, 15) is 22.4 Å². The van der Waals surface area contributed by atoms with E-state index in [1.54, 1.807) is 4.90 Å². The molecule has 0 unspecified atom stereocenters. The maximum atomic E-state index is 14.8. The molecule has 250 valence electrons. The quantitative estimate of drug-likeness (QED) is 0.265. The van der Waals surface area contributed by atoms with Crippen LogP contribution in [0.4, 0.5) is 22.4 Å². The van der Waals surface area contributed by atoms with Gasteiger partial charge in [0.05, 0.1) is 11.6 Å². The molecule has 0 spiro atoms. The van der Waals surface area contributed by atoms with Crippen LogP contribution in [0.5, 0.6) is 5.75 Å². The van der Waals surface area contributed by atoms with Gasteiger partial charge in [-0.15, -0.1) is 13.2 Å². The molecule has 0 bridgehead atoms. The molecule has 2 aliphatic rings. The van der Waals surface area contributed by atoms with E-state index >= 15 is 0 Å². The van der Waals surface area contributed by atoms with Crippen molar-refractivity contribution < 1.29 is 31.8 Å². The molecule has 7 nitrogen and oxygen atoms in total. The highest BCUT2D eigenvalue weighted by molar-refractivity contribution is 5.68. The first-order chi connectivity index (χ1) is 22.3. The van der Waals surface area contributed by atoms with Crippen LogP contribution in [-0.4, -0.2) is 66.1 Å². The number of ether oxygens (including phenoxy) is 2. The van der Waals surface area contributed by atoms with Crippen molar-refractivity contribution in [1.82, 2.24) is 15.1 Å². The molecule has 2 heterocycles. The van der Waals surface area contributed by atoms with E-state index in [0.29, 0.717) is 24.7 Å². The molecular formula is C36H40F4N4O3. The van der Waals surface area contributed by atoms with Crippen LogP contribution in [0.1, 0.15) is 62.6 Å². The van der Waals surface area contributed by atoms with Gasteiger partial charge in [-0.05, 0) is 82.0 Å². The number of nitrogens with one attached hydrogen (secondary N) is 1. The third kappa shape index (κ3) is 9.02. The van der Waals surface area contributed by atoms with Crippen LogP contribution in [0.3, 0.4) is 0 Å². The highest BCUT2D eigenvalue weighted by Gasteiger charge is 2.36. The third-order valence-electron chi connectivity index (χ3n) is 8.75. The Bertz CT molecular complexity index is 1580. The first kappa shape index (κ1) is 34.2. The lowest BCUT2D eigenvalue weighted by Crippen LogP contribution is -2.54. The number of carbonyl (C=O) groups excluding carboxylic acids is 1. The summed E-state index contributed by atoms with van der Waals surface area (Å²) < 4.78 is 64.9. The van der Waals surface area contributed by atoms with Gasteiger partial charge in [-0.3, -0.25) is 4.90 Å². The summed E-state index contributed by atoms with van der Waals surface area (Å²) >= 11 is 0. The van der Waals surface area contributed by atoms with E-state index in [1.807, 2.05) is 45.0 Å². The van der Waals surface area contributed by atoms with Gasteiger partial charge in [0.25, 0.3) is 0 Å². The van der Waals surface area contributed by atoms with Crippen LogP contribution >= 0.6 is 0 Å². The molecule has 3 aromatic carbocycles. The van der Waals surface area contributed by atoms with E-state index in [1.165, 1.54) is 30.3 Å². The number of hydrogen-bond donors (Lipinski definition) is 1. The third-order valence-corrected chi connectivity index (χ3v) is 8.75. The fourth-order valence-electron chi connectivity index (χ4n) is 6.50. The molecule has 2 atom stereocenters. The molecule has 1 N–H and O–H groups in total. The Morgan fingerprint density at radius 1 is 0.979 bits per heavy atom. The van der Waals surface area contributed by atoms with Crippen molar-refractivity contribution in [1.29, 1.82) is 5.26 Å². The minimum absolute atomic E-state index is 0.0513. The van der Waals surface area contributed by atoms with Crippen LogP contribution < -0.4 is 10.1 Å². The van der Waals surface area contributed by atoms with Gasteiger partial charge >= 0.3 is 12.5 Å². The number of carbonyl (C=O) groups is 1. The number of likely N-dealkylation sites (tertiary alicyclic amines) is 2. The maximum absolute atomic E-state index is 14.8. The highest BCUT2D eigenvalue weighted by Crippen LogP contribution is 2.34. The van der Waals surface area contributed by atoms with Gasteiger partial charge in [0, 0.05) is 55.3 Å². The Morgan fingerprint density at radius 2 is 1.70 bits per heavy atom. The summed E-state index contributed by atoms with van der Waals surface area (Å²) in [5.74, 6) is -0.936. The van der Waals surface area contributed by atoms with Gasteiger partial charge in [-0.2, -0.15) is 5.26 Å². The summed E-state index contributed by atoms with van der Waals surface area (Å²) in [5, 5.41) is 12.6. The second-order valence-corrected chi connectivity index (χ2v) is 13.2. The molecule has 2 fully saturated rings. The average molecular weight is 653 g/mol. The second-order valence-electron chi connectivity index (χ2n) is 13.2. The van der Waals surface area contributed by atoms with Crippen molar-refractivity contribution in [3.05, 3.63) is 89.2 Å². The summed E-state index contributed by atoms with van der Waals surface area (Å²) in [4.78, 5) is 16.8. The number of amides is 1. The highest BCUT2D eigenvalue weighted by atomic mass is 19.4. The van der Waals surface area contributed by atoms with Crippen molar-refractivity contribution in [2.75, 3.05) is 26.2 Å². The number of rotatable bonds is 7. The van der Waals surface area contributed by atoms with Crippen molar-refractivity contribution in [3.63, 3.8) is 0 Å². The summed E-state index contributed by atoms with van der Waals surface area (Å²) in [6.07, 6.45) is -2.77. The molecule has 2 aliphatic heterocycles. The molecule has 3 aromatic rings. The van der Waals surface area contributed by atoms with E-state index in [4.69, 9.17) is 10.00 Å². The molecule has 5 rings (SSSR count). The van der Waals surface area contributed by atoms with Gasteiger partial charge in [0.1, 0.15) is 17.2 Å². The van der Waals surface area contributed by atoms with E-state index in [-0.39, 0.29) is 47.0 Å². The van der Waals surface area contributed by atoms with Gasteiger partial charge in [0.15, 0.2) is 0 Å². The Balaban J connectivity index is 1.32. The molecule has 0 aliphatic carbocycles. The minimum Gasteiger partial charge on any atom is -0.444 e. The molecular weight excluding hydrogens is 612 g/mol. The molecule has 0 radical (unpaired) electrons. The summed E-state index contributed by atoms with van der Waals surface area (Å²) in [7, 11) is 0. The van der Waals surface area contributed by atoms with Crippen molar-refractivity contribution >= 4 is 6.09 Å². The van der Waals surface area contributed by atoms with Crippen LogP contribution in [0, 0.1) is 17.1 Å².